The third-order valence-corrected chi connectivity index (χ3v) is 2.71. The molecule has 2 nitrogen and oxygen atoms in total. The predicted octanol–water partition coefficient (Wildman–Crippen LogP) is 5.02. The molecule has 2 aromatic rings. The van der Waals surface area contributed by atoms with Gasteiger partial charge in [0.2, 0.25) is 0 Å². The molecule has 2 rings (SSSR count). The van der Waals surface area contributed by atoms with Gasteiger partial charge >= 0.3 is 6.18 Å². The Morgan fingerprint density at radius 2 is 1.70 bits per heavy atom. The SMILES string of the molecule is N#Cc1ccc(Oc2ccc(Cl)cc2)c(C(F)(F)F)c1. The fourth-order valence-electron chi connectivity index (χ4n) is 1.54. The molecule has 0 bridgehead atoms. The Balaban J connectivity index is 2.41. The van der Waals surface area contributed by atoms with Crippen LogP contribution in [0.3, 0.4) is 0 Å². The van der Waals surface area contributed by atoms with Crippen molar-refractivity contribution in [2.45, 2.75) is 6.18 Å². The van der Waals surface area contributed by atoms with Crippen LogP contribution in [0.1, 0.15) is 11.1 Å². The Morgan fingerprint density at radius 3 is 2.25 bits per heavy atom. The lowest BCUT2D eigenvalue weighted by Crippen LogP contribution is -2.07. The van der Waals surface area contributed by atoms with Crippen molar-refractivity contribution in [3.63, 3.8) is 0 Å². The standard InChI is InChI=1S/C14H7ClF3NO/c15-10-2-4-11(5-3-10)20-13-6-1-9(8-19)7-12(13)14(16,17)18/h1-7H. The van der Waals surface area contributed by atoms with E-state index in [9.17, 15) is 13.2 Å². The Hall–Kier alpha value is -2.19. The number of hydrogen-bond acceptors (Lipinski definition) is 2. The zero-order valence-electron chi connectivity index (χ0n) is 9.91. The first-order chi connectivity index (χ1) is 9.40. The lowest BCUT2D eigenvalue weighted by molar-refractivity contribution is -0.138. The Bertz CT molecular complexity index is 660. The smallest absolute Gasteiger partial charge is 0.420 e. The average molecular weight is 298 g/mol. The van der Waals surface area contributed by atoms with Crippen molar-refractivity contribution in [2.24, 2.45) is 0 Å². The van der Waals surface area contributed by atoms with Crippen LogP contribution in [0.5, 0.6) is 11.5 Å². The predicted molar refractivity (Wildman–Crippen MR) is 67.7 cm³/mol. The normalized spacial score (nSPS) is 10.9. The second-order valence-electron chi connectivity index (χ2n) is 3.88. The van der Waals surface area contributed by atoms with Gasteiger partial charge in [0, 0.05) is 5.02 Å². The van der Waals surface area contributed by atoms with Gasteiger partial charge in [-0.3, -0.25) is 0 Å². The Morgan fingerprint density at radius 1 is 1.05 bits per heavy atom. The highest BCUT2D eigenvalue weighted by Gasteiger charge is 2.35. The van der Waals surface area contributed by atoms with Crippen LogP contribution in [0.15, 0.2) is 42.5 Å². The zero-order chi connectivity index (χ0) is 14.8. The molecule has 6 heteroatoms. The van der Waals surface area contributed by atoms with Gasteiger partial charge in [-0.25, -0.2) is 0 Å². The van der Waals surface area contributed by atoms with E-state index in [1.54, 1.807) is 6.07 Å². The lowest BCUT2D eigenvalue weighted by atomic mass is 10.1. The van der Waals surface area contributed by atoms with Crippen molar-refractivity contribution < 1.29 is 17.9 Å². The number of benzene rings is 2. The summed E-state index contributed by atoms with van der Waals surface area (Å²) in [6.07, 6.45) is -4.60. The molecular weight excluding hydrogens is 291 g/mol. The first kappa shape index (κ1) is 14.2. The quantitative estimate of drug-likeness (QED) is 0.779. The molecule has 0 aliphatic carbocycles. The maximum atomic E-state index is 12.9. The van der Waals surface area contributed by atoms with Gasteiger partial charge in [0.15, 0.2) is 0 Å². The molecule has 102 valence electrons. The van der Waals surface area contributed by atoms with Crippen molar-refractivity contribution in [2.75, 3.05) is 0 Å². The highest BCUT2D eigenvalue weighted by molar-refractivity contribution is 6.30. The molecule has 0 aliphatic heterocycles. The highest BCUT2D eigenvalue weighted by Crippen LogP contribution is 2.38. The monoisotopic (exact) mass is 297 g/mol. The van der Waals surface area contributed by atoms with E-state index in [-0.39, 0.29) is 17.1 Å². The molecule has 0 amide bonds. The Labute approximate surface area is 118 Å². The maximum Gasteiger partial charge on any atom is 0.420 e. The number of ether oxygens (including phenoxy) is 1. The van der Waals surface area contributed by atoms with Gasteiger partial charge in [0.05, 0.1) is 17.2 Å². The minimum atomic E-state index is -4.60. The molecule has 0 heterocycles. The molecule has 0 spiro atoms. The number of halogens is 4. The summed E-state index contributed by atoms with van der Waals surface area (Å²) in [5.74, 6) is -0.136. The summed E-state index contributed by atoms with van der Waals surface area (Å²) in [5.41, 5.74) is -1.08. The van der Waals surface area contributed by atoms with Gasteiger partial charge in [-0.05, 0) is 42.5 Å². The van der Waals surface area contributed by atoms with Crippen molar-refractivity contribution in [1.82, 2.24) is 0 Å². The molecule has 0 fully saturated rings. The van der Waals surface area contributed by atoms with Gasteiger partial charge in [-0.2, -0.15) is 18.4 Å². The highest BCUT2D eigenvalue weighted by atomic mass is 35.5. The second-order valence-corrected chi connectivity index (χ2v) is 4.31. The summed E-state index contributed by atoms with van der Waals surface area (Å²) < 4.78 is 44.0. The molecule has 0 aliphatic rings. The van der Waals surface area contributed by atoms with Crippen LogP contribution in [-0.4, -0.2) is 0 Å². The largest absolute Gasteiger partial charge is 0.457 e. The Kier molecular flexibility index (Phi) is 3.86. The molecule has 0 unspecified atom stereocenters. The number of hydrogen-bond donors (Lipinski definition) is 0. The van der Waals surface area contributed by atoms with Crippen LogP contribution in [0.4, 0.5) is 13.2 Å². The van der Waals surface area contributed by atoms with Crippen molar-refractivity contribution in [3.8, 4) is 17.6 Å². The van der Waals surface area contributed by atoms with Gasteiger partial charge < -0.3 is 4.74 Å². The zero-order valence-corrected chi connectivity index (χ0v) is 10.7. The summed E-state index contributed by atoms with van der Waals surface area (Å²) in [6, 6.07) is 10.7. The van der Waals surface area contributed by atoms with Crippen LogP contribution < -0.4 is 4.74 Å². The van der Waals surface area contributed by atoms with E-state index in [1.807, 2.05) is 0 Å². The molecule has 0 saturated carbocycles. The van der Waals surface area contributed by atoms with Gasteiger partial charge in [0.25, 0.3) is 0 Å². The fourth-order valence-corrected chi connectivity index (χ4v) is 1.67. The van der Waals surface area contributed by atoms with Crippen molar-refractivity contribution in [1.29, 1.82) is 5.26 Å². The van der Waals surface area contributed by atoms with E-state index < -0.39 is 11.7 Å². The number of rotatable bonds is 2. The number of alkyl halides is 3. The van der Waals surface area contributed by atoms with Crippen LogP contribution >= 0.6 is 11.6 Å². The molecule has 2 aromatic carbocycles. The van der Waals surface area contributed by atoms with Crippen LogP contribution in [0, 0.1) is 11.3 Å². The molecule has 20 heavy (non-hydrogen) atoms. The van der Waals surface area contributed by atoms with Gasteiger partial charge in [0.1, 0.15) is 11.5 Å². The third-order valence-electron chi connectivity index (χ3n) is 2.46. The van der Waals surface area contributed by atoms with E-state index >= 15 is 0 Å². The van der Waals surface area contributed by atoms with E-state index in [0.717, 1.165) is 12.1 Å². The van der Waals surface area contributed by atoms with E-state index in [0.29, 0.717) is 5.02 Å². The summed E-state index contributed by atoms with van der Waals surface area (Å²) >= 11 is 5.69. The van der Waals surface area contributed by atoms with Crippen molar-refractivity contribution in [3.05, 3.63) is 58.6 Å². The average Bonchev–Trinajstić information content (AvgIpc) is 2.40. The molecule has 0 saturated heterocycles. The summed E-state index contributed by atoms with van der Waals surface area (Å²) in [7, 11) is 0. The van der Waals surface area contributed by atoms with E-state index in [2.05, 4.69) is 0 Å². The van der Waals surface area contributed by atoms with E-state index in [1.165, 1.54) is 30.3 Å². The molecule has 0 radical (unpaired) electrons. The summed E-state index contributed by atoms with van der Waals surface area (Å²) in [4.78, 5) is 0. The lowest BCUT2D eigenvalue weighted by Gasteiger charge is -2.14. The maximum absolute atomic E-state index is 12.9. The molecular formula is C14H7ClF3NO. The van der Waals surface area contributed by atoms with Crippen LogP contribution in [0.2, 0.25) is 5.02 Å². The topological polar surface area (TPSA) is 33.0 Å². The van der Waals surface area contributed by atoms with Crippen LogP contribution in [-0.2, 0) is 6.18 Å². The molecule has 0 aromatic heterocycles. The summed E-state index contributed by atoms with van der Waals surface area (Å²) in [5, 5.41) is 9.12. The first-order valence-corrected chi connectivity index (χ1v) is 5.83. The minimum absolute atomic E-state index is 0.0826. The number of nitriles is 1. The first-order valence-electron chi connectivity index (χ1n) is 5.45. The molecule has 0 N–H and O–H groups in total. The third kappa shape index (κ3) is 3.22. The second kappa shape index (κ2) is 5.43. The molecule has 0 atom stereocenters. The fraction of sp³-hybridized carbons (Fsp3) is 0.0714. The van der Waals surface area contributed by atoms with Gasteiger partial charge in [-0.15, -0.1) is 0 Å². The summed E-state index contributed by atoms with van der Waals surface area (Å²) in [6.45, 7) is 0. The van der Waals surface area contributed by atoms with E-state index in [4.69, 9.17) is 21.6 Å². The van der Waals surface area contributed by atoms with Crippen LogP contribution in [0.25, 0.3) is 0 Å². The van der Waals surface area contributed by atoms with Gasteiger partial charge in [-0.1, -0.05) is 11.6 Å². The number of nitrogens with zero attached hydrogens (tertiary/aromatic N) is 1. The minimum Gasteiger partial charge on any atom is -0.457 e. The van der Waals surface area contributed by atoms with Crippen molar-refractivity contribution >= 4 is 11.6 Å².